The van der Waals surface area contributed by atoms with Crippen LogP contribution in [0.2, 0.25) is 0 Å². The summed E-state index contributed by atoms with van der Waals surface area (Å²) in [5.41, 5.74) is -0.471. The molecule has 1 aromatic rings. The summed E-state index contributed by atoms with van der Waals surface area (Å²) in [6.45, 7) is 6.89. The number of amides is 1. The first-order chi connectivity index (χ1) is 10.3. The molecule has 6 nitrogen and oxygen atoms in total. The number of ether oxygens (including phenoxy) is 1. The Balaban J connectivity index is 1.80. The molecule has 0 unspecified atom stereocenters. The van der Waals surface area contributed by atoms with Crippen LogP contribution in [-0.2, 0) is 15.5 Å². The van der Waals surface area contributed by atoms with Crippen LogP contribution in [-0.4, -0.2) is 49.6 Å². The van der Waals surface area contributed by atoms with Crippen molar-refractivity contribution in [3.8, 4) is 0 Å². The molecular formula is C15H23N3O3S. The highest BCUT2D eigenvalue weighted by Crippen LogP contribution is 2.21. The van der Waals surface area contributed by atoms with Crippen LogP contribution in [0.3, 0.4) is 0 Å². The van der Waals surface area contributed by atoms with E-state index in [4.69, 9.17) is 4.74 Å². The van der Waals surface area contributed by atoms with Gasteiger partial charge in [-0.05, 0) is 39.5 Å². The number of hydrogen-bond acceptors (Lipinski definition) is 5. The van der Waals surface area contributed by atoms with Gasteiger partial charge < -0.3 is 9.64 Å². The quantitative estimate of drug-likeness (QED) is 0.852. The molecule has 0 bridgehead atoms. The SMILES string of the molecule is CC(C)(C)OC(=O)N1CCC(C[S@](=O)c2cnccn2)CC1. The topological polar surface area (TPSA) is 72.4 Å². The molecular weight excluding hydrogens is 302 g/mol. The molecule has 0 spiro atoms. The molecule has 0 N–H and O–H groups in total. The number of piperidine rings is 1. The van der Waals surface area contributed by atoms with Crippen molar-refractivity contribution in [2.75, 3.05) is 18.8 Å². The van der Waals surface area contributed by atoms with E-state index in [1.54, 1.807) is 23.5 Å². The fraction of sp³-hybridized carbons (Fsp3) is 0.667. The van der Waals surface area contributed by atoms with Gasteiger partial charge >= 0.3 is 6.09 Å². The molecule has 0 radical (unpaired) electrons. The molecule has 1 fully saturated rings. The Morgan fingerprint density at radius 1 is 1.36 bits per heavy atom. The zero-order chi connectivity index (χ0) is 16.2. The monoisotopic (exact) mass is 325 g/mol. The largest absolute Gasteiger partial charge is 0.444 e. The van der Waals surface area contributed by atoms with Crippen LogP contribution in [0, 0.1) is 5.92 Å². The second-order valence-corrected chi connectivity index (χ2v) is 7.91. The fourth-order valence-electron chi connectivity index (χ4n) is 2.31. The summed E-state index contributed by atoms with van der Waals surface area (Å²) in [5, 5.41) is 0.525. The average molecular weight is 325 g/mol. The lowest BCUT2D eigenvalue weighted by atomic mass is 9.99. The number of hydrogen-bond donors (Lipinski definition) is 0. The molecule has 7 heteroatoms. The predicted octanol–water partition coefficient (Wildman–Crippen LogP) is 2.23. The smallest absolute Gasteiger partial charge is 0.410 e. The summed E-state index contributed by atoms with van der Waals surface area (Å²) < 4.78 is 17.6. The molecule has 1 aromatic heterocycles. The first-order valence-corrected chi connectivity index (χ1v) is 8.79. The molecule has 0 saturated carbocycles. The van der Waals surface area contributed by atoms with Crippen LogP contribution in [0.25, 0.3) is 0 Å². The van der Waals surface area contributed by atoms with Crippen LogP contribution in [0.15, 0.2) is 23.6 Å². The van der Waals surface area contributed by atoms with Gasteiger partial charge in [0.05, 0.1) is 17.0 Å². The number of carbonyl (C=O) groups is 1. The summed E-state index contributed by atoms with van der Waals surface area (Å²) in [7, 11) is -1.13. The molecule has 22 heavy (non-hydrogen) atoms. The fourth-order valence-corrected chi connectivity index (χ4v) is 3.60. The Kier molecular flexibility index (Phi) is 5.50. The highest BCUT2D eigenvalue weighted by atomic mass is 32.2. The standard InChI is InChI=1S/C15H23N3O3S/c1-15(2,3)21-14(19)18-8-4-12(5-9-18)11-22(20)13-10-16-6-7-17-13/h6-7,10,12H,4-5,8-9,11H2,1-3H3/t22-/m0/s1. The molecule has 2 rings (SSSR count). The van der Waals surface area contributed by atoms with E-state index in [1.165, 1.54) is 0 Å². The lowest BCUT2D eigenvalue weighted by Crippen LogP contribution is -2.42. The third kappa shape index (κ3) is 5.05. The van der Waals surface area contributed by atoms with Crippen LogP contribution in [0.5, 0.6) is 0 Å². The lowest BCUT2D eigenvalue weighted by Gasteiger charge is -2.33. The number of nitrogens with zero attached hydrogens (tertiary/aromatic N) is 3. The second kappa shape index (κ2) is 7.17. The zero-order valence-electron chi connectivity index (χ0n) is 13.3. The van der Waals surface area contributed by atoms with E-state index in [1.807, 2.05) is 20.8 Å². The number of likely N-dealkylation sites (tertiary alicyclic amines) is 1. The first-order valence-electron chi connectivity index (χ1n) is 7.47. The second-order valence-electron chi connectivity index (χ2n) is 6.47. The van der Waals surface area contributed by atoms with Gasteiger partial charge in [-0.1, -0.05) is 0 Å². The van der Waals surface area contributed by atoms with Crippen molar-refractivity contribution in [2.24, 2.45) is 5.92 Å². The molecule has 1 saturated heterocycles. The van der Waals surface area contributed by atoms with Crippen molar-refractivity contribution in [1.29, 1.82) is 0 Å². The predicted molar refractivity (Wildman–Crippen MR) is 83.8 cm³/mol. The molecule has 1 amide bonds. The summed E-state index contributed by atoms with van der Waals surface area (Å²) in [4.78, 5) is 21.7. The molecule has 0 aromatic carbocycles. The van der Waals surface area contributed by atoms with E-state index in [0.717, 1.165) is 12.8 Å². The van der Waals surface area contributed by atoms with Gasteiger partial charge in [-0.15, -0.1) is 0 Å². The minimum atomic E-state index is -1.13. The van der Waals surface area contributed by atoms with Crippen molar-refractivity contribution >= 4 is 16.9 Å². The minimum Gasteiger partial charge on any atom is -0.444 e. The van der Waals surface area contributed by atoms with Gasteiger partial charge in [0.2, 0.25) is 0 Å². The van der Waals surface area contributed by atoms with Gasteiger partial charge in [0, 0.05) is 31.2 Å². The normalized spacial score (nSPS) is 18.0. The molecule has 0 aliphatic carbocycles. The Hall–Kier alpha value is -1.50. The van der Waals surface area contributed by atoms with Crippen molar-refractivity contribution in [3.05, 3.63) is 18.6 Å². The number of aromatic nitrogens is 2. The van der Waals surface area contributed by atoms with Crippen molar-refractivity contribution in [3.63, 3.8) is 0 Å². The summed E-state index contributed by atoms with van der Waals surface area (Å²) in [6, 6.07) is 0. The molecule has 2 heterocycles. The van der Waals surface area contributed by atoms with Crippen molar-refractivity contribution in [1.82, 2.24) is 14.9 Å². The van der Waals surface area contributed by atoms with E-state index in [9.17, 15) is 9.00 Å². The molecule has 1 atom stereocenters. The van der Waals surface area contributed by atoms with E-state index in [0.29, 0.717) is 29.8 Å². The van der Waals surface area contributed by atoms with Gasteiger partial charge in [0.25, 0.3) is 0 Å². The Morgan fingerprint density at radius 3 is 2.59 bits per heavy atom. The van der Waals surface area contributed by atoms with Gasteiger partial charge in [0.1, 0.15) is 10.6 Å². The lowest BCUT2D eigenvalue weighted by molar-refractivity contribution is 0.0191. The maximum absolute atomic E-state index is 12.2. The van der Waals surface area contributed by atoms with E-state index >= 15 is 0 Å². The van der Waals surface area contributed by atoms with Gasteiger partial charge in [-0.25, -0.2) is 9.78 Å². The van der Waals surface area contributed by atoms with Gasteiger partial charge in [-0.2, -0.15) is 0 Å². The van der Waals surface area contributed by atoms with E-state index in [2.05, 4.69) is 9.97 Å². The Morgan fingerprint density at radius 2 is 2.05 bits per heavy atom. The van der Waals surface area contributed by atoms with Crippen LogP contribution < -0.4 is 0 Å². The summed E-state index contributed by atoms with van der Waals surface area (Å²) >= 11 is 0. The molecule has 122 valence electrons. The van der Waals surface area contributed by atoms with Crippen molar-refractivity contribution in [2.45, 2.75) is 44.2 Å². The van der Waals surface area contributed by atoms with Crippen LogP contribution in [0.1, 0.15) is 33.6 Å². The molecule has 1 aliphatic rings. The summed E-state index contributed by atoms with van der Waals surface area (Å²) in [6.07, 6.45) is 6.09. The summed E-state index contributed by atoms with van der Waals surface area (Å²) in [5.74, 6) is 0.905. The first kappa shape index (κ1) is 16.9. The van der Waals surface area contributed by atoms with Crippen molar-refractivity contribution < 1.29 is 13.7 Å². The highest BCUT2D eigenvalue weighted by molar-refractivity contribution is 7.84. The highest BCUT2D eigenvalue weighted by Gasteiger charge is 2.27. The number of rotatable bonds is 3. The van der Waals surface area contributed by atoms with Gasteiger partial charge in [0.15, 0.2) is 0 Å². The minimum absolute atomic E-state index is 0.263. The Bertz CT molecular complexity index is 523. The average Bonchev–Trinajstić information content (AvgIpc) is 2.47. The van der Waals surface area contributed by atoms with E-state index in [-0.39, 0.29) is 6.09 Å². The van der Waals surface area contributed by atoms with E-state index < -0.39 is 16.4 Å². The maximum atomic E-state index is 12.2. The zero-order valence-corrected chi connectivity index (χ0v) is 14.1. The van der Waals surface area contributed by atoms with Crippen LogP contribution in [0.4, 0.5) is 4.79 Å². The number of carbonyl (C=O) groups excluding carboxylic acids is 1. The third-order valence-corrected chi connectivity index (χ3v) is 4.88. The van der Waals surface area contributed by atoms with Crippen LogP contribution >= 0.6 is 0 Å². The molecule has 1 aliphatic heterocycles. The maximum Gasteiger partial charge on any atom is 0.410 e. The van der Waals surface area contributed by atoms with Gasteiger partial charge in [-0.3, -0.25) is 9.19 Å². The Labute approximate surface area is 133 Å². The third-order valence-electron chi connectivity index (χ3n) is 3.43.